The van der Waals surface area contributed by atoms with Crippen molar-refractivity contribution in [3.05, 3.63) is 41.3 Å². The lowest BCUT2D eigenvalue weighted by Gasteiger charge is -2.08. The Labute approximate surface area is 97.9 Å². The van der Waals surface area contributed by atoms with Gasteiger partial charge in [-0.1, -0.05) is 6.07 Å². The van der Waals surface area contributed by atoms with Gasteiger partial charge in [0.25, 0.3) is 0 Å². The van der Waals surface area contributed by atoms with E-state index in [2.05, 4.69) is 4.98 Å². The van der Waals surface area contributed by atoms with Crippen LogP contribution in [0, 0.1) is 5.82 Å². The van der Waals surface area contributed by atoms with Gasteiger partial charge in [0.1, 0.15) is 5.82 Å². The Morgan fingerprint density at radius 2 is 2.31 bits per heavy atom. The molecule has 2 rings (SSSR count). The van der Waals surface area contributed by atoms with E-state index in [9.17, 15) is 4.39 Å². The summed E-state index contributed by atoms with van der Waals surface area (Å²) in [5.74, 6) is -0.189. The zero-order valence-electron chi connectivity index (χ0n) is 8.98. The molecule has 0 fully saturated rings. The van der Waals surface area contributed by atoms with Crippen molar-refractivity contribution in [3.63, 3.8) is 0 Å². The highest BCUT2D eigenvalue weighted by Crippen LogP contribution is 2.25. The van der Waals surface area contributed by atoms with Gasteiger partial charge in [-0.25, -0.2) is 4.39 Å². The molecule has 0 radical (unpaired) electrons. The molecule has 0 saturated heterocycles. The Kier molecular flexibility index (Phi) is 3.31. The summed E-state index contributed by atoms with van der Waals surface area (Å²) in [6.07, 6.45) is 2.34. The van der Waals surface area contributed by atoms with E-state index in [1.165, 1.54) is 6.07 Å². The van der Waals surface area contributed by atoms with Crippen molar-refractivity contribution in [2.75, 3.05) is 0 Å². The van der Waals surface area contributed by atoms with E-state index >= 15 is 0 Å². The van der Waals surface area contributed by atoms with Crippen LogP contribution in [0.15, 0.2) is 29.9 Å². The number of aromatic nitrogens is 1. The summed E-state index contributed by atoms with van der Waals surface area (Å²) in [5, 5.41) is 0. The molecule has 4 heteroatoms. The van der Waals surface area contributed by atoms with Gasteiger partial charge in [0.05, 0.1) is 10.4 Å². The van der Waals surface area contributed by atoms with Crippen LogP contribution in [-0.2, 0) is 6.42 Å². The molecule has 2 aromatic rings. The van der Waals surface area contributed by atoms with Crippen LogP contribution >= 0.6 is 11.3 Å². The molecule has 1 heterocycles. The third-order valence-electron chi connectivity index (χ3n) is 2.30. The van der Waals surface area contributed by atoms with Gasteiger partial charge in [0, 0.05) is 12.2 Å². The molecule has 1 aromatic heterocycles. The molecule has 16 heavy (non-hydrogen) atoms. The van der Waals surface area contributed by atoms with Gasteiger partial charge in [-0.3, -0.25) is 4.98 Å². The SMILES string of the molecule is CC(N)Cc1cc(-c2cncs2)ccc1F. The van der Waals surface area contributed by atoms with Crippen molar-refractivity contribution >= 4 is 11.3 Å². The largest absolute Gasteiger partial charge is 0.328 e. The summed E-state index contributed by atoms with van der Waals surface area (Å²) >= 11 is 1.54. The Morgan fingerprint density at radius 1 is 1.50 bits per heavy atom. The zero-order valence-corrected chi connectivity index (χ0v) is 9.80. The van der Waals surface area contributed by atoms with E-state index in [0.717, 1.165) is 10.4 Å². The first kappa shape index (κ1) is 11.2. The molecule has 2 N–H and O–H groups in total. The number of halogens is 1. The van der Waals surface area contributed by atoms with Crippen molar-refractivity contribution in [1.29, 1.82) is 0 Å². The van der Waals surface area contributed by atoms with Gasteiger partial charge < -0.3 is 5.73 Å². The minimum absolute atomic E-state index is 0.0359. The lowest BCUT2D eigenvalue weighted by Crippen LogP contribution is -2.18. The topological polar surface area (TPSA) is 38.9 Å². The average Bonchev–Trinajstić information content (AvgIpc) is 2.73. The van der Waals surface area contributed by atoms with Gasteiger partial charge in [-0.15, -0.1) is 11.3 Å². The highest BCUT2D eigenvalue weighted by atomic mass is 32.1. The quantitative estimate of drug-likeness (QED) is 0.890. The fourth-order valence-electron chi connectivity index (χ4n) is 1.59. The number of nitrogens with zero attached hydrogens (tertiary/aromatic N) is 1. The summed E-state index contributed by atoms with van der Waals surface area (Å²) < 4.78 is 13.5. The Balaban J connectivity index is 2.36. The molecule has 1 atom stereocenters. The maximum Gasteiger partial charge on any atom is 0.126 e. The highest BCUT2D eigenvalue weighted by molar-refractivity contribution is 7.13. The Morgan fingerprint density at radius 3 is 2.94 bits per heavy atom. The lowest BCUT2D eigenvalue weighted by molar-refractivity contribution is 0.596. The van der Waals surface area contributed by atoms with Crippen molar-refractivity contribution in [3.8, 4) is 10.4 Å². The molecule has 2 nitrogen and oxygen atoms in total. The molecule has 84 valence electrons. The molecule has 0 aliphatic rings. The second-order valence-electron chi connectivity index (χ2n) is 3.85. The van der Waals surface area contributed by atoms with E-state index in [-0.39, 0.29) is 11.9 Å². The summed E-state index contributed by atoms with van der Waals surface area (Å²) in [7, 11) is 0. The summed E-state index contributed by atoms with van der Waals surface area (Å²) in [6.45, 7) is 1.87. The van der Waals surface area contributed by atoms with Crippen LogP contribution in [0.3, 0.4) is 0 Å². The number of nitrogens with two attached hydrogens (primary N) is 1. The number of hydrogen-bond acceptors (Lipinski definition) is 3. The van der Waals surface area contributed by atoms with Gasteiger partial charge in [-0.05, 0) is 36.6 Å². The van der Waals surface area contributed by atoms with Crippen molar-refractivity contribution < 1.29 is 4.39 Å². The fourth-order valence-corrected chi connectivity index (χ4v) is 2.21. The molecule has 0 amide bonds. The smallest absolute Gasteiger partial charge is 0.126 e. The molecule has 0 saturated carbocycles. The number of thiazole rings is 1. The van der Waals surface area contributed by atoms with E-state index in [1.807, 2.05) is 13.0 Å². The maximum absolute atomic E-state index is 13.5. The minimum atomic E-state index is -0.189. The maximum atomic E-state index is 13.5. The van der Waals surface area contributed by atoms with Gasteiger partial charge >= 0.3 is 0 Å². The number of rotatable bonds is 3. The predicted molar refractivity (Wildman–Crippen MR) is 64.9 cm³/mol. The number of hydrogen-bond donors (Lipinski definition) is 1. The minimum Gasteiger partial charge on any atom is -0.328 e. The van der Waals surface area contributed by atoms with Gasteiger partial charge in [0.15, 0.2) is 0 Å². The average molecular weight is 236 g/mol. The molecular formula is C12H13FN2S. The summed E-state index contributed by atoms with van der Waals surface area (Å²) in [5.41, 5.74) is 9.12. The summed E-state index contributed by atoms with van der Waals surface area (Å²) in [4.78, 5) is 5.06. The van der Waals surface area contributed by atoms with Crippen LogP contribution < -0.4 is 5.73 Å². The molecule has 0 aliphatic carbocycles. The second-order valence-corrected chi connectivity index (χ2v) is 4.74. The third-order valence-corrected chi connectivity index (χ3v) is 3.13. The van der Waals surface area contributed by atoms with E-state index < -0.39 is 0 Å². The lowest BCUT2D eigenvalue weighted by atomic mass is 10.0. The molecule has 1 unspecified atom stereocenters. The molecule has 0 spiro atoms. The summed E-state index contributed by atoms with van der Waals surface area (Å²) in [6, 6.07) is 5.08. The van der Waals surface area contributed by atoms with E-state index in [0.29, 0.717) is 12.0 Å². The van der Waals surface area contributed by atoms with Gasteiger partial charge in [0.2, 0.25) is 0 Å². The number of benzene rings is 1. The van der Waals surface area contributed by atoms with Crippen LogP contribution in [0.1, 0.15) is 12.5 Å². The molecular weight excluding hydrogens is 223 g/mol. The van der Waals surface area contributed by atoms with Crippen LogP contribution in [0.25, 0.3) is 10.4 Å². The van der Waals surface area contributed by atoms with Crippen LogP contribution in [-0.4, -0.2) is 11.0 Å². The van der Waals surface area contributed by atoms with Crippen LogP contribution in [0.5, 0.6) is 0 Å². The first-order valence-electron chi connectivity index (χ1n) is 5.09. The predicted octanol–water partition coefficient (Wildman–Crippen LogP) is 2.84. The molecule has 0 bridgehead atoms. The first-order chi connectivity index (χ1) is 7.66. The Bertz CT molecular complexity index is 466. The van der Waals surface area contributed by atoms with Crippen molar-refractivity contribution in [1.82, 2.24) is 4.98 Å². The molecule has 1 aromatic carbocycles. The fraction of sp³-hybridized carbons (Fsp3) is 0.250. The molecule has 0 aliphatic heterocycles. The highest BCUT2D eigenvalue weighted by Gasteiger charge is 2.07. The van der Waals surface area contributed by atoms with E-state index in [1.54, 1.807) is 29.1 Å². The standard InChI is InChI=1S/C12H13FN2S/c1-8(14)4-10-5-9(2-3-11(10)13)12-6-15-7-16-12/h2-3,5-8H,4,14H2,1H3. The van der Waals surface area contributed by atoms with Gasteiger partial charge in [-0.2, -0.15) is 0 Å². The monoisotopic (exact) mass is 236 g/mol. The van der Waals surface area contributed by atoms with Crippen molar-refractivity contribution in [2.24, 2.45) is 5.73 Å². The van der Waals surface area contributed by atoms with Crippen molar-refractivity contribution in [2.45, 2.75) is 19.4 Å². The first-order valence-corrected chi connectivity index (χ1v) is 5.97. The normalized spacial score (nSPS) is 12.7. The zero-order chi connectivity index (χ0) is 11.5. The van der Waals surface area contributed by atoms with Crippen LogP contribution in [0.4, 0.5) is 4.39 Å². The third kappa shape index (κ3) is 2.46. The van der Waals surface area contributed by atoms with Crippen LogP contribution in [0.2, 0.25) is 0 Å². The van der Waals surface area contributed by atoms with E-state index in [4.69, 9.17) is 5.73 Å². The second kappa shape index (κ2) is 4.72. The Hall–Kier alpha value is -1.26.